The summed E-state index contributed by atoms with van der Waals surface area (Å²) in [6.45, 7) is 5.70. The average molecular weight is 425 g/mol. The fraction of sp³-hybridized carbons (Fsp3) is 0.526. The first-order valence-corrected chi connectivity index (χ1v) is 9.66. The number of aliphatic carboxylic acids is 1. The number of anilines is 1. The van der Waals surface area contributed by atoms with E-state index in [0.29, 0.717) is 36.2 Å². The highest BCUT2D eigenvalue weighted by Gasteiger charge is 2.27. The number of rotatable bonds is 6. The largest absolute Gasteiger partial charge is 0.481 e. The summed E-state index contributed by atoms with van der Waals surface area (Å²) in [5, 5.41) is 11.4. The van der Waals surface area contributed by atoms with Crippen molar-refractivity contribution in [1.82, 2.24) is 4.90 Å². The number of benzene rings is 1. The molecule has 26 heavy (non-hydrogen) atoms. The van der Waals surface area contributed by atoms with Crippen LogP contribution in [0.1, 0.15) is 49.9 Å². The molecule has 6 nitrogen and oxygen atoms in total. The van der Waals surface area contributed by atoms with Gasteiger partial charge in [0.1, 0.15) is 0 Å². The van der Waals surface area contributed by atoms with Crippen molar-refractivity contribution in [2.45, 2.75) is 39.5 Å². The quantitative estimate of drug-likeness (QED) is 0.727. The fourth-order valence-corrected chi connectivity index (χ4v) is 3.78. The summed E-state index contributed by atoms with van der Waals surface area (Å²) in [6.07, 6.45) is 1.43. The number of amides is 2. The van der Waals surface area contributed by atoms with Crippen LogP contribution in [0.2, 0.25) is 0 Å². The second-order valence-corrected chi connectivity index (χ2v) is 8.06. The minimum atomic E-state index is -0.925. The second-order valence-electron chi connectivity index (χ2n) is 7.14. The Hall–Kier alpha value is -1.89. The molecule has 0 saturated carbocycles. The summed E-state index contributed by atoms with van der Waals surface area (Å²) in [5.74, 6) is -0.410. The predicted molar refractivity (Wildman–Crippen MR) is 103 cm³/mol. The van der Waals surface area contributed by atoms with Crippen LogP contribution in [0.4, 0.5) is 5.69 Å². The molecule has 1 heterocycles. The topological polar surface area (TPSA) is 86.7 Å². The van der Waals surface area contributed by atoms with E-state index in [1.165, 1.54) is 0 Å². The highest BCUT2D eigenvalue weighted by atomic mass is 79.9. The molecule has 1 aromatic carbocycles. The summed E-state index contributed by atoms with van der Waals surface area (Å²) in [6, 6.07) is 5.19. The third-order valence-corrected chi connectivity index (χ3v) is 4.93. The molecule has 1 aromatic rings. The van der Waals surface area contributed by atoms with Crippen molar-refractivity contribution in [2.75, 3.05) is 18.4 Å². The molecule has 7 heteroatoms. The van der Waals surface area contributed by atoms with Gasteiger partial charge in [-0.3, -0.25) is 14.4 Å². The van der Waals surface area contributed by atoms with Crippen LogP contribution >= 0.6 is 15.9 Å². The van der Waals surface area contributed by atoms with Crippen molar-refractivity contribution in [3.05, 3.63) is 28.2 Å². The van der Waals surface area contributed by atoms with E-state index in [1.807, 2.05) is 4.90 Å². The molecule has 0 aliphatic carbocycles. The third kappa shape index (κ3) is 5.83. The molecule has 142 valence electrons. The zero-order chi connectivity index (χ0) is 19.3. The lowest BCUT2D eigenvalue weighted by Crippen LogP contribution is -2.42. The molecule has 1 aliphatic heterocycles. The van der Waals surface area contributed by atoms with Gasteiger partial charge in [-0.15, -0.1) is 0 Å². The van der Waals surface area contributed by atoms with Gasteiger partial charge in [0.15, 0.2) is 0 Å². The standard InChI is InChI=1S/C19H25BrN2O4/c1-12-8-13(2)11-22(10-12)19(26)15-9-14(20)6-7-16(15)21-17(23)4-3-5-18(24)25/h6-7,9,12-13H,3-5,8,10-11H2,1-2H3,(H,21,23)(H,24,25)/t12-,13+. The predicted octanol–water partition coefficient (Wildman–Crippen LogP) is 3.76. The summed E-state index contributed by atoms with van der Waals surface area (Å²) < 4.78 is 0.767. The normalized spacial score (nSPS) is 19.9. The molecule has 1 saturated heterocycles. The van der Waals surface area contributed by atoms with E-state index in [2.05, 4.69) is 35.1 Å². The van der Waals surface area contributed by atoms with Crippen LogP contribution in [0, 0.1) is 11.8 Å². The third-order valence-electron chi connectivity index (χ3n) is 4.44. The van der Waals surface area contributed by atoms with Crippen LogP contribution in [0.5, 0.6) is 0 Å². The van der Waals surface area contributed by atoms with Crippen molar-refractivity contribution in [2.24, 2.45) is 11.8 Å². The van der Waals surface area contributed by atoms with E-state index in [4.69, 9.17) is 5.11 Å². The van der Waals surface area contributed by atoms with E-state index in [-0.39, 0.29) is 31.1 Å². The molecule has 0 unspecified atom stereocenters. The van der Waals surface area contributed by atoms with Crippen molar-refractivity contribution >= 4 is 39.4 Å². The van der Waals surface area contributed by atoms with E-state index in [9.17, 15) is 14.4 Å². The molecule has 2 amide bonds. The van der Waals surface area contributed by atoms with E-state index >= 15 is 0 Å². The Morgan fingerprint density at radius 2 is 1.85 bits per heavy atom. The number of carbonyl (C=O) groups is 3. The Labute approximate surface area is 162 Å². The average Bonchev–Trinajstić information content (AvgIpc) is 2.54. The first-order chi connectivity index (χ1) is 12.3. The first kappa shape index (κ1) is 20.4. The second kappa shape index (κ2) is 9.16. The number of hydrogen-bond acceptors (Lipinski definition) is 3. The molecule has 0 radical (unpaired) electrons. The molecule has 0 aromatic heterocycles. The highest BCUT2D eigenvalue weighted by Crippen LogP contribution is 2.27. The van der Waals surface area contributed by atoms with Gasteiger partial charge in [-0.1, -0.05) is 29.8 Å². The van der Waals surface area contributed by atoms with Gasteiger partial charge < -0.3 is 15.3 Å². The van der Waals surface area contributed by atoms with Crippen LogP contribution in [0.3, 0.4) is 0 Å². The van der Waals surface area contributed by atoms with Gasteiger partial charge in [0.2, 0.25) is 5.91 Å². The summed E-state index contributed by atoms with van der Waals surface area (Å²) in [7, 11) is 0. The molecular formula is C19H25BrN2O4. The van der Waals surface area contributed by atoms with Crippen LogP contribution in [0.15, 0.2) is 22.7 Å². The molecule has 0 spiro atoms. The Bertz CT molecular complexity index is 682. The Balaban J connectivity index is 2.12. The van der Waals surface area contributed by atoms with E-state index in [1.54, 1.807) is 18.2 Å². The van der Waals surface area contributed by atoms with Gasteiger partial charge in [0.05, 0.1) is 11.3 Å². The van der Waals surface area contributed by atoms with Crippen molar-refractivity contribution < 1.29 is 19.5 Å². The monoisotopic (exact) mass is 424 g/mol. The van der Waals surface area contributed by atoms with Crippen molar-refractivity contribution in [1.29, 1.82) is 0 Å². The number of nitrogens with one attached hydrogen (secondary N) is 1. The molecule has 1 fully saturated rings. The molecule has 2 atom stereocenters. The van der Waals surface area contributed by atoms with Gasteiger partial charge in [0.25, 0.3) is 5.91 Å². The van der Waals surface area contributed by atoms with Crippen LogP contribution in [0.25, 0.3) is 0 Å². The maximum absolute atomic E-state index is 13.0. The number of carboxylic acids is 1. The summed E-state index contributed by atoms with van der Waals surface area (Å²) >= 11 is 3.39. The molecule has 2 N–H and O–H groups in total. The fourth-order valence-electron chi connectivity index (χ4n) is 3.41. The Kier molecular flexibility index (Phi) is 7.20. The number of likely N-dealkylation sites (tertiary alicyclic amines) is 1. The minimum absolute atomic E-state index is 0.0525. The minimum Gasteiger partial charge on any atom is -0.481 e. The molecular weight excluding hydrogens is 400 g/mol. The Morgan fingerprint density at radius 3 is 2.46 bits per heavy atom. The van der Waals surface area contributed by atoms with Gasteiger partial charge >= 0.3 is 5.97 Å². The van der Waals surface area contributed by atoms with Crippen LogP contribution in [-0.2, 0) is 9.59 Å². The summed E-state index contributed by atoms with van der Waals surface area (Å²) in [4.78, 5) is 37.5. The van der Waals surface area contributed by atoms with Crippen molar-refractivity contribution in [3.8, 4) is 0 Å². The molecule has 1 aliphatic rings. The zero-order valence-corrected chi connectivity index (χ0v) is 16.7. The Morgan fingerprint density at radius 1 is 1.19 bits per heavy atom. The van der Waals surface area contributed by atoms with Crippen molar-refractivity contribution in [3.63, 3.8) is 0 Å². The SMILES string of the molecule is C[C@@H]1C[C@H](C)CN(C(=O)c2cc(Br)ccc2NC(=O)CCCC(=O)O)C1. The van der Waals surface area contributed by atoms with E-state index in [0.717, 1.165) is 10.9 Å². The number of carboxylic acid groups (broad SMARTS) is 1. The maximum atomic E-state index is 13.0. The number of piperidine rings is 1. The van der Waals surface area contributed by atoms with E-state index < -0.39 is 5.97 Å². The number of halogens is 1. The highest BCUT2D eigenvalue weighted by molar-refractivity contribution is 9.10. The van der Waals surface area contributed by atoms with Gasteiger partial charge in [-0.25, -0.2) is 0 Å². The van der Waals surface area contributed by atoms with Gasteiger partial charge in [-0.05, 0) is 42.9 Å². The summed E-state index contributed by atoms with van der Waals surface area (Å²) in [5.41, 5.74) is 0.914. The molecule has 0 bridgehead atoms. The van der Waals surface area contributed by atoms with Gasteiger partial charge in [0, 0.05) is 30.4 Å². The lowest BCUT2D eigenvalue weighted by molar-refractivity contribution is -0.137. The first-order valence-electron chi connectivity index (χ1n) is 8.86. The lowest BCUT2D eigenvalue weighted by atomic mass is 9.91. The van der Waals surface area contributed by atoms with Crippen LogP contribution in [-0.4, -0.2) is 40.9 Å². The maximum Gasteiger partial charge on any atom is 0.303 e. The lowest BCUT2D eigenvalue weighted by Gasteiger charge is -2.35. The number of carbonyl (C=O) groups excluding carboxylic acids is 2. The smallest absolute Gasteiger partial charge is 0.303 e. The number of hydrogen-bond donors (Lipinski definition) is 2. The molecule has 2 rings (SSSR count). The number of nitrogens with zero attached hydrogens (tertiary/aromatic N) is 1. The van der Waals surface area contributed by atoms with Gasteiger partial charge in [-0.2, -0.15) is 0 Å². The van der Waals surface area contributed by atoms with Crippen LogP contribution < -0.4 is 5.32 Å². The zero-order valence-electron chi connectivity index (χ0n) is 15.1.